The second-order valence-corrected chi connectivity index (χ2v) is 4.21. The van der Waals surface area contributed by atoms with Gasteiger partial charge >= 0.3 is 0 Å². The van der Waals surface area contributed by atoms with Crippen LogP contribution in [0.3, 0.4) is 0 Å². The van der Waals surface area contributed by atoms with Crippen molar-refractivity contribution in [2.45, 2.75) is 13.8 Å². The van der Waals surface area contributed by atoms with E-state index in [9.17, 15) is 4.79 Å². The number of hydrogen-bond donors (Lipinski definition) is 0. The largest absolute Gasteiger partial charge is 0.277 e. The molecule has 2 nitrogen and oxygen atoms in total. The lowest BCUT2D eigenvalue weighted by Gasteiger charge is -2.09. The third-order valence-corrected chi connectivity index (χ3v) is 3.05. The quantitative estimate of drug-likeness (QED) is 0.646. The molecule has 0 unspecified atom stereocenters. The molecule has 1 heterocycles. The summed E-state index contributed by atoms with van der Waals surface area (Å²) in [4.78, 5) is 15.7. The van der Waals surface area contributed by atoms with E-state index in [0.717, 1.165) is 28.0 Å². The van der Waals surface area contributed by atoms with Gasteiger partial charge in [-0.25, -0.2) is 4.99 Å². The summed E-state index contributed by atoms with van der Waals surface area (Å²) in [5.74, 6) is -0.120. The number of dihydropyridines is 1. The molecule has 0 aromatic heterocycles. The highest BCUT2D eigenvalue weighted by molar-refractivity contribution is 6.26. The van der Waals surface area contributed by atoms with Gasteiger partial charge in [0.2, 0.25) is 0 Å². The molecule has 1 aliphatic carbocycles. The van der Waals surface area contributed by atoms with Gasteiger partial charge in [-0.2, -0.15) is 0 Å². The van der Waals surface area contributed by atoms with Crippen molar-refractivity contribution in [2.24, 2.45) is 4.99 Å². The number of nitrogens with zero attached hydrogens (tertiary/aromatic N) is 1. The SMILES string of the molecule is CC1=NC(=O)C2=Cc3c(C)cccc3C2=C1. The second-order valence-electron chi connectivity index (χ2n) is 4.21. The van der Waals surface area contributed by atoms with Gasteiger partial charge in [0.25, 0.3) is 5.91 Å². The van der Waals surface area contributed by atoms with Gasteiger partial charge in [-0.05, 0) is 48.3 Å². The van der Waals surface area contributed by atoms with Crippen LogP contribution in [0.25, 0.3) is 11.6 Å². The van der Waals surface area contributed by atoms with Crippen LogP contribution in [-0.2, 0) is 4.79 Å². The van der Waals surface area contributed by atoms with E-state index in [1.165, 1.54) is 5.56 Å². The minimum Gasteiger partial charge on any atom is -0.267 e. The molecule has 0 atom stereocenters. The Morgan fingerprint density at radius 2 is 1.88 bits per heavy atom. The molecule has 2 aliphatic rings. The van der Waals surface area contributed by atoms with Crippen LogP contribution in [0.15, 0.2) is 34.8 Å². The average molecular weight is 209 g/mol. The predicted octanol–water partition coefficient (Wildman–Crippen LogP) is 2.78. The lowest BCUT2D eigenvalue weighted by molar-refractivity contribution is -0.113. The lowest BCUT2D eigenvalue weighted by Crippen LogP contribution is -2.07. The Morgan fingerprint density at radius 1 is 1.06 bits per heavy atom. The first-order chi connectivity index (χ1) is 7.66. The number of carbonyl (C=O) groups excluding carboxylic acids is 1. The molecule has 0 fully saturated rings. The van der Waals surface area contributed by atoms with Crippen LogP contribution in [0.5, 0.6) is 0 Å². The average Bonchev–Trinajstić information content (AvgIpc) is 2.59. The van der Waals surface area contributed by atoms with E-state index in [1.54, 1.807) is 0 Å². The van der Waals surface area contributed by atoms with Gasteiger partial charge in [0.15, 0.2) is 0 Å². The number of rotatable bonds is 0. The fourth-order valence-corrected chi connectivity index (χ4v) is 2.27. The molecule has 78 valence electrons. The maximum atomic E-state index is 11.8. The van der Waals surface area contributed by atoms with Gasteiger partial charge in [0.1, 0.15) is 0 Å². The fraction of sp³-hybridized carbons (Fsp3) is 0.143. The Balaban J connectivity index is 2.30. The molecule has 1 aliphatic heterocycles. The minimum absolute atomic E-state index is 0.120. The molecule has 1 amide bonds. The van der Waals surface area contributed by atoms with Crippen LogP contribution in [0.4, 0.5) is 0 Å². The van der Waals surface area contributed by atoms with Gasteiger partial charge in [-0.15, -0.1) is 0 Å². The van der Waals surface area contributed by atoms with E-state index in [2.05, 4.69) is 24.0 Å². The molecule has 0 N–H and O–H groups in total. The van der Waals surface area contributed by atoms with Gasteiger partial charge in [0.05, 0.1) is 5.57 Å². The molecule has 0 radical (unpaired) electrons. The zero-order chi connectivity index (χ0) is 11.3. The lowest BCUT2D eigenvalue weighted by atomic mass is 9.98. The van der Waals surface area contributed by atoms with Gasteiger partial charge < -0.3 is 0 Å². The van der Waals surface area contributed by atoms with Crippen LogP contribution in [0.2, 0.25) is 0 Å². The smallest absolute Gasteiger partial charge is 0.267 e. The Kier molecular flexibility index (Phi) is 1.75. The summed E-state index contributed by atoms with van der Waals surface area (Å²) in [5.41, 5.74) is 6.04. The molecular formula is C14H11NO. The standard InChI is InChI=1S/C14H11NO/c1-8-4-3-5-10-11(8)7-13-12(10)6-9(2)15-14(13)16/h3-7H,1-2H3. The monoisotopic (exact) mass is 209 g/mol. The molecule has 0 saturated heterocycles. The number of aliphatic imine (C=N–C) groups is 1. The zero-order valence-electron chi connectivity index (χ0n) is 9.24. The van der Waals surface area contributed by atoms with Crippen LogP contribution in [0, 0.1) is 6.92 Å². The maximum Gasteiger partial charge on any atom is 0.277 e. The number of allylic oxidation sites excluding steroid dienone is 1. The Hall–Kier alpha value is -1.96. The summed E-state index contributed by atoms with van der Waals surface area (Å²) in [6.45, 7) is 3.92. The number of hydrogen-bond acceptors (Lipinski definition) is 1. The van der Waals surface area contributed by atoms with Crippen molar-refractivity contribution in [3.63, 3.8) is 0 Å². The molecular weight excluding hydrogens is 198 g/mol. The normalized spacial score (nSPS) is 17.4. The summed E-state index contributed by atoms with van der Waals surface area (Å²) in [6, 6.07) is 6.15. The fourth-order valence-electron chi connectivity index (χ4n) is 2.27. The molecule has 1 aromatic rings. The number of aryl methyl sites for hydroxylation is 1. The zero-order valence-corrected chi connectivity index (χ0v) is 9.24. The summed E-state index contributed by atoms with van der Waals surface area (Å²) < 4.78 is 0. The third kappa shape index (κ3) is 1.13. The van der Waals surface area contributed by atoms with Crippen LogP contribution in [0.1, 0.15) is 23.6 Å². The van der Waals surface area contributed by atoms with Crippen molar-refractivity contribution in [1.29, 1.82) is 0 Å². The van der Waals surface area contributed by atoms with E-state index < -0.39 is 0 Å². The molecule has 3 rings (SSSR count). The first-order valence-electron chi connectivity index (χ1n) is 5.30. The van der Waals surface area contributed by atoms with Gasteiger partial charge in [-0.1, -0.05) is 18.2 Å². The van der Waals surface area contributed by atoms with Crippen molar-refractivity contribution >= 4 is 23.3 Å². The highest BCUT2D eigenvalue weighted by Gasteiger charge is 2.27. The summed E-state index contributed by atoms with van der Waals surface area (Å²) in [7, 11) is 0. The highest BCUT2D eigenvalue weighted by Crippen LogP contribution is 2.38. The number of amides is 1. The van der Waals surface area contributed by atoms with Crippen molar-refractivity contribution in [2.75, 3.05) is 0 Å². The Bertz CT molecular complexity index is 603. The molecule has 0 bridgehead atoms. The van der Waals surface area contributed by atoms with E-state index >= 15 is 0 Å². The molecule has 16 heavy (non-hydrogen) atoms. The van der Waals surface area contributed by atoms with Crippen molar-refractivity contribution in [1.82, 2.24) is 0 Å². The van der Waals surface area contributed by atoms with Crippen molar-refractivity contribution in [3.05, 3.63) is 46.5 Å². The Labute approximate surface area is 94.0 Å². The Morgan fingerprint density at radius 3 is 2.69 bits per heavy atom. The first kappa shape index (κ1) is 9.28. The molecule has 1 aromatic carbocycles. The molecule has 0 saturated carbocycles. The molecule has 0 spiro atoms. The second kappa shape index (κ2) is 3.01. The summed E-state index contributed by atoms with van der Waals surface area (Å²) in [5, 5.41) is 0. The van der Waals surface area contributed by atoms with Crippen molar-refractivity contribution < 1.29 is 4.79 Å². The van der Waals surface area contributed by atoms with Crippen molar-refractivity contribution in [3.8, 4) is 0 Å². The van der Waals surface area contributed by atoms with Crippen LogP contribution < -0.4 is 0 Å². The molecule has 2 heteroatoms. The number of carbonyl (C=O) groups is 1. The maximum absolute atomic E-state index is 11.8. The van der Waals surface area contributed by atoms with E-state index in [1.807, 2.05) is 25.1 Å². The van der Waals surface area contributed by atoms with E-state index in [-0.39, 0.29) is 5.91 Å². The van der Waals surface area contributed by atoms with Crippen LogP contribution >= 0.6 is 0 Å². The first-order valence-corrected chi connectivity index (χ1v) is 5.30. The van der Waals surface area contributed by atoms with E-state index in [0.29, 0.717) is 0 Å². The predicted molar refractivity (Wildman–Crippen MR) is 65.2 cm³/mol. The van der Waals surface area contributed by atoms with Gasteiger partial charge in [0, 0.05) is 5.71 Å². The number of benzene rings is 1. The summed E-state index contributed by atoms with van der Waals surface area (Å²) in [6.07, 6.45) is 3.94. The third-order valence-electron chi connectivity index (χ3n) is 3.05. The number of fused-ring (bicyclic) bond motifs is 3. The minimum atomic E-state index is -0.120. The summed E-state index contributed by atoms with van der Waals surface area (Å²) >= 11 is 0. The van der Waals surface area contributed by atoms with Crippen LogP contribution in [-0.4, -0.2) is 11.6 Å². The van der Waals surface area contributed by atoms with Gasteiger partial charge in [-0.3, -0.25) is 4.79 Å². The topological polar surface area (TPSA) is 29.4 Å². The highest BCUT2D eigenvalue weighted by atomic mass is 16.1. The van der Waals surface area contributed by atoms with E-state index in [4.69, 9.17) is 0 Å².